The van der Waals surface area contributed by atoms with Crippen LogP contribution in [0.4, 0.5) is 4.79 Å². The highest BCUT2D eigenvalue weighted by atomic mass is 16.6. The molecule has 0 fully saturated rings. The second-order valence-electron chi connectivity index (χ2n) is 10.3. The topological polar surface area (TPSA) is 102 Å². The number of carbonyl (C=O) groups is 3. The number of carbonyl (C=O) groups excluding carboxylic acids is 3. The Kier molecular flexibility index (Phi) is 8.14. The third kappa shape index (κ3) is 7.07. The van der Waals surface area contributed by atoms with E-state index in [1.54, 1.807) is 51.1 Å². The van der Waals surface area contributed by atoms with Crippen molar-refractivity contribution in [1.29, 1.82) is 0 Å². The molecule has 0 aliphatic heterocycles. The summed E-state index contributed by atoms with van der Waals surface area (Å²) in [4.78, 5) is 36.4. The van der Waals surface area contributed by atoms with Crippen LogP contribution in [0.2, 0.25) is 0 Å². The number of benzene rings is 2. The van der Waals surface area contributed by atoms with Gasteiger partial charge in [-0.3, -0.25) is 4.79 Å². The molecule has 0 heterocycles. The number of nitrogens with one attached hydrogen (secondary N) is 1. The number of ether oxygens (including phenoxy) is 2. The van der Waals surface area contributed by atoms with Crippen LogP contribution in [0.5, 0.6) is 5.75 Å². The summed E-state index contributed by atoms with van der Waals surface area (Å²) in [6.07, 6.45) is -0.592. The zero-order valence-corrected chi connectivity index (χ0v) is 21.2. The first-order chi connectivity index (χ1) is 15.6. The van der Waals surface area contributed by atoms with Crippen molar-refractivity contribution in [1.82, 2.24) is 5.32 Å². The minimum atomic E-state index is -0.981. The number of alkyl carbamates (subject to hydrolysis) is 1. The molecule has 0 aliphatic rings. The molecule has 2 aromatic carbocycles. The Morgan fingerprint density at radius 2 is 1.59 bits per heavy atom. The predicted octanol–water partition coefficient (Wildman–Crippen LogP) is 5.17. The van der Waals surface area contributed by atoms with Crippen LogP contribution in [0.1, 0.15) is 70.0 Å². The lowest BCUT2D eigenvalue weighted by atomic mass is 9.82. The maximum absolute atomic E-state index is 12.4. The Bertz CT molecular complexity index is 1060. The van der Waals surface area contributed by atoms with Gasteiger partial charge < -0.3 is 19.9 Å². The molecule has 7 nitrogen and oxygen atoms in total. The molecule has 0 radical (unpaired) electrons. The third-order valence-corrected chi connectivity index (χ3v) is 5.20. The minimum Gasteiger partial charge on any atom is -0.507 e. The average Bonchev–Trinajstić information content (AvgIpc) is 2.71. The van der Waals surface area contributed by atoms with Gasteiger partial charge in [-0.15, -0.1) is 0 Å². The van der Waals surface area contributed by atoms with Gasteiger partial charge in [-0.1, -0.05) is 51.1 Å². The summed E-state index contributed by atoms with van der Waals surface area (Å²) in [5.74, 6) is -0.529. The second kappa shape index (κ2) is 10.3. The van der Waals surface area contributed by atoms with Gasteiger partial charge in [-0.25, -0.2) is 9.59 Å². The van der Waals surface area contributed by atoms with Gasteiger partial charge in [0.05, 0.1) is 7.11 Å². The summed E-state index contributed by atoms with van der Waals surface area (Å²) in [7, 11) is 1.26. The lowest BCUT2D eigenvalue weighted by Crippen LogP contribution is -2.45. The number of hydrogen-bond donors (Lipinski definition) is 2. The number of phenols is 1. The van der Waals surface area contributed by atoms with E-state index >= 15 is 0 Å². The summed E-state index contributed by atoms with van der Waals surface area (Å²) in [5.41, 5.74) is 2.16. The van der Waals surface area contributed by atoms with Gasteiger partial charge >= 0.3 is 12.1 Å². The van der Waals surface area contributed by atoms with E-state index in [9.17, 15) is 19.5 Å². The Hall–Kier alpha value is -3.35. The number of rotatable bonds is 6. The molecule has 0 aliphatic carbocycles. The molecule has 0 spiro atoms. The van der Waals surface area contributed by atoms with Crippen molar-refractivity contribution in [2.45, 2.75) is 71.9 Å². The average molecular weight is 470 g/mol. The molecular formula is C27H35NO6. The lowest BCUT2D eigenvalue weighted by Gasteiger charge is -2.25. The Labute approximate surface area is 201 Å². The summed E-state index contributed by atoms with van der Waals surface area (Å²) < 4.78 is 10.2. The van der Waals surface area contributed by atoms with E-state index in [0.29, 0.717) is 16.7 Å². The normalized spacial score (nSPS) is 12.6. The zero-order chi connectivity index (χ0) is 25.8. The first-order valence-electron chi connectivity index (χ1n) is 11.2. The van der Waals surface area contributed by atoms with Crippen LogP contribution >= 0.6 is 0 Å². The van der Waals surface area contributed by atoms with Crippen molar-refractivity contribution in [2.24, 2.45) is 0 Å². The highest BCUT2D eigenvalue weighted by molar-refractivity contribution is 5.94. The molecule has 0 bridgehead atoms. The fourth-order valence-electron chi connectivity index (χ4n) is 3.51. The monoisotopic (exact) mass is 469 g/mol. The molecule has 34 heavy (non-hydrogen) atoms. The molecule has 2 rings (SSSR count). The number of methoxy groups -OCH3 is 1. The van der Waals surface area contributed by atoms with Crippen molar-refractivity contribution in [3.63, 3.8) is 0 Å². The molecule has 1 amide bonds. The van der Waals surface area contributed by atoms with Crippen LogP contribution in [-0.2, 0) is 26.1 Å². The lowest BCUT2D eigenvalue weighted by molar-refractivity contribution is -0.143. The van der Waals surface area contributed by atoms with Gasteiger partial charge in [0.2, 0.25) is 0 Å². The number of aromatic hydroxyl groups is 1. The van der Waals surface area contributed by atoms with Crippen LogP contribution in [0, 0.1) is 0 Å². The maximum Gasteiger partial charge on any atom is 0.408 e. The van der Waals surface area contributed by atoms with E-state index < -0.39 is 29.1 Å². The number of Topliss-reactive ketones (excluding diaryl/α,β-unsaturated/α-hetero) is 1. The molecule has 2 aromatic rings. The van der Waals surface area contributed by atoms with Crippen LogP contribution in [0.15, 0.2) is 36.4 Å². The molecule has 1 atom stereocenters. The predicted molar refractivity (Wildman–Crippen MR) is 131 cm³/mol. The van der Waals surface area contributed by atoms with E-state index in [2.05, 4.69) is 5.32 Å². The maximum atomic E-state index is 12.4. The van der Waals surface area contributed by atoms with Crippen LogP contribution in [-0.4, -0.2) is 41.7 Å². The fraction of sp³-hybridized carbons (Fsp3) is 0.444. The first kappa shape index (κ1) is 26.9. The fourth-order valence-corrected chi connectivity index (χ4v) is 3.51. The molecular weight excluding hydrogens is 434 g/mol. The number of ketones is 1. The second-order valence-corrected chi connectivity index (χ2v) is 10.3. The highest BCUT2D eigenvalue weighted by Crippen LogP contribution is 2.40. The molecule has 0 unspecified atom stereocenters. The smallest absolute Gasteiger partial charge is 0.408 e. The van der Waals surface area contributed by atoms with Crippen molar-refractivity contribution < 1.29 is 29.0 Å². The van der Waals surface area contributed by atoms with Gasteiger partial charge in [-0.05, 0) is 50.3 Å². The van der Waals surface area contributed by atoms with Gasteiger partial charge in [-0.2, -0.15) is 0 Å². The van der Waals surface area contributed by atoms with Gasteiger partial charge in [0.15, 0.2) is 5.78 Å². The van der Waals surface area contributed by atoms with Crippen LogP contribution < -0.4 is 5.32 Å². The van der Waals surface area contributed by atoms with Crippen molar-refractivity contribution in [3.8, 4) is 16.9 Å². The number of esters is 1. The molecule has 0 saturated carbocycles. The summed E-state index contributed by atoms with van der Waals surface area (Å²) >= 11 is 0. The number of phenolic OH excluding ortho intramolecular Hbond substituents is 1. The minimum absolute atomic E-state index is 0.0472. The number of hydrogen-bond acceptors (Lipinski definition) is 6. The SMILES string of the molecule is COC(=O)[C@H](Cc1cc(-c2ccc(C(C)=O)cc2)c(O)c(C(C)(C)C)c1)NC(=O)OC(C)(C)C. The molecule has 184 valence electrons. The van der Waals surface area contributed by atoms with Gasteiger partial charge in [0.1, 0.15) is 17.4 Å². The van der Waals surface area contributed by atoms with E-state index in [4.69, 9.17) is 9.47 Å². The van der Waals surface area contributed by atoms with Crippen LogP contribution in [0.3, 0.4) is 0 Å². The van der Waals surface area contributed by atoms with Crippen molar-refractivity contribution in [2.75, 3.05) is 7.11 Å². The zero-order valence-electron chi connectivity index (χ0n) is 21.2. The van der Waals surface area contributed by atoms with Gasteiger partial charge in [0.25, 0.3) is 0 Å². The Morgan fingerprint density at radius 1 is 1.00 bits per heavy atom. The van der Waals surface area contributed by atoms with E-state index in [1.165, 1.54) is 14.0 Å². The first-order valence-corrected chi connectivity index (χ1v) is 11.2. The molecule has 2 N–H and O–H groups in total. The Balaban J connectivity index is 2.52. The molecule has 0 aromatic heterocycles. The Morgan fingerprint density at radius 3 is 2.06 bits per heavy atom. The third-order valence-electron chi connectivity index (χ3n) is 5.20. The standard InChI is InChI=1S/C27H35NO6/c1-16(29)18-9-11-19(12-10-18)20-13-17(14-21(23(20)30)26(2,3)4)15-22(24(31)33-8)28-25(32)34-27(5,6)7/h9-14,22,30H,15H2,1-8H3,(H,28,32)/t22-/m0/s1. The molecule has 7 heteroatoms. The van der Waals surface area contributed by atoms with Crippen molar-refractivity contribution in [3.05, 3.63) is 53.1 Å². The molecule has 0 saturated heterocycles. The largest absolute Gasteiger partial charge is 0.507 e. The highest BCUT2D eigenvalue weighted by Gasteiger charge is 2.28. The van der Waals surface area contributed by atoms with E-state index in [0.717, 1.165) is 11.1 Å². The van der Waals surface area contributed by atoms with E-state index in [1.807, 2.05) is 26.8 Å². The number of amides is 1. The summed E-state index contributed by atoms with van der Waals surface area (Å²) in [6.45, 7) is 12.6. The van der Waals surface area contributed by atoms with Crippen molar-refractivity contribution >= 4 is 17.8 Å². The summed E-state index contributed by atoms with van der Waals surface area (Å²) in [6, 6.07) is 9.60. The summed E-state index contributed by atoms with van der Waals surface area (Å²) in [5, 5.41) is 13.7. The van der Waals surface area contributed by atoms with E-state index in [-0.39, 0.29) is 18.0 Å². The van der Waals surface area contributed by atoms with Crippen LogP contribution in [0.25, 0.3) is 11.1 Å². The van der Waals surface area contributed by atoms with Gasteiger partial charge in [0, 0.05) is 23.1 Å². The quantitative estimate of drug-likeness (QED) is 0.447.